The highest BCUT2D eigenvalue weighted by Crippen LogP contribution is 2.38. The van der Waals surface area contributed by atoms with E-state index in [1.807, 2.05) is 18.2 Å². The zero-order chi connectivity index (χ0) is 20.7. The molecule has 0 fully saturated rings. The molecular formula is C20H26BrClO4Si. The summed E-state index contributed by atoms with van der Waals surface area (Å²) in [5.74, 6) is 0.191. The Bertz CT molecular complexity index is 745. The molecule has 0 radical (unpaired) electrons. The van der Waals surface area contributed by atoms with Gasteiger partial charge in [0.25, 0.3) is 0 Å². The van der Waals surface area contributed by atoms with Crippen LogP contribution in [0.3, 0.4) is 0 Å². The standard InChI is InChI=1S/C13H20BrClOSi.C7H6O3/c1-13(2,3)17(4,5)16-11-6-7-12(15)10(8-11)9-14;8-7(10-9)6-4-2-1-3-5-6/h6-8H,9H2,1-5H3;1-5,9H. The normalized spacial score (nSPS) is 11.3. The van der Waals surface area contributed by atoms with Gasteiger partial charge < -0.3 is 4.43 Å². The van der Waals surface area contributed by atoms with Crippen LogP contribution in [0.4, 0.5) is 0 Å². The molecule has 0 bridgehead atoms. The van der Waals surface area contributed by atoms with Crippen molar-refractivity contribution in [2.24, 2.45) is 0 Å². The van der Waals surface area contributed by atoms with Crippen molar-refractivity contribution in [1.29, 1.82) is 0 Å². The van der Waals surface area contributed by atoms with E-state index >= 15 is 0 Å². The maximum atomic E-state index is 10.5. The third-order valence-electron chi connectivity index (χ3n) is 4.43. The molecule has 148 valence electrons. The van der Waals surface area contributed by atoms with Crippen molar-refractivity contribution in [2.45, 2.75) is 44.2 Å². The second kappa shape index (κ2) is 10.3. The Morgan fingerprint density at radius 3 is 2.22 bits per heavy atom. The molecule has 7 heteroatoms. The summed E-state index contributed by atoms with van der Waals surface area (Å²) in [7, 11) is -1.76. The Balaban J connectivity index is 0.000000309. The van der Waals surface area contributed by atoms with Crippen LogP contribution in [-0.2, 0) is 10.2 Å². The molecule has 0 aliphatic rings. The lowest BCUT2D eigenvalue weighted by atomic mass is 10.2. The van der Waals surface area contributed by atoms with Gasteiger partial charge in [-0.1, -0.05) is 66.5 Å². The molecule has 0 amide bonds. The summed E-state index contributed by atoms with van der Waals surface area (Å²) < 4.78 is 6.22. The zero-order valence-electron chi connectivity index (χ0n) is 16.3. The average Bonchev–Trinajstić information content (AvgIpc) is 2.62. The third-order valence-corrected chi connectivity index (χ3v) is 9.76. The first-order chi connectivity index (χ1) is 12.5. The fourth-order valence-corrected chi connectivity index (χ4v) is 3.62. The van der Waals surface area contributed by atoms with Crippen LogP contribution in [0.5, 0.6) is 5.75 Å². The largest absolute Gasteiger partial charge is 0.543 e. The van der Waals surface area contributed by atoms with Crippen molar-refractivity contribution >= 4 is 41.8 Å². The summed E-state index contributed by atoms with van der Waals surface area (Å²) in [5, 5.41) is 9.68. The summed E-state index contributed by atoms with van der Waals surface area (Å²) in [6.45, 7) is 11.2. The second-order valence-electron chi connectivity index (χ2n) is 7.49. The lowest BCUT2D eigenvalue weighted by Gasteiger charge is -2.36. The summed E-state index contributed by atoms with van der Waals surface area (Å²) in [6, 6.07) is 14.1. The molecule has 2 aromatic rings. The van der Waals surface area contributed by atoms with Gasteiger partial charge in [0.05, 0.1) is 5.56 Å². The van der Waals surface area contributed by atoms with Crippen molar-refractivity contribution in [3.05, 3.63) is 64.7 Å². The Kier molecular flexibility index (Phi) is 9.01. The SMILES string of the molecule is CC(C)(C)[Si](C)(C)Oc1ccc(Cl)c(CBr)c1.O=C(OO)c1ccccc1. The van der Waals surface area contributed by atoms with Crippen LogP contribution in [0, 0.1) is 0 Å². The summed E-state index contributed by atoms with van der Waals surface area (Å²) in [6.07, 6.45) is 0. The van der Waals surface area contributed by atoms with Gasteiger partial charge in [0.2, 0.25) is 8.32 Å². The molecule has 0 saturated heterocycles. The van der Waals surface area contributed by atoms with Gasteiger partial charge in [0.1, 0.15) is 5.75 Å². The second-order valence-corrected chi connectivity index (χ2v) is 13.2. The predicted octanol–water partition coefficient (Wildman–Crippen LogP) is 6.94. The van der Waals surface area contributed by atoms with Gasteiger partial charge in [-0.3, -0.25) is 4.89 Å². The lowest BCUT2D eigenvalue weighted by Crippen LogP contribution is -2.43. The molecule has 0 aliphatic heterocycles. The molecule has 1 N–H and O–H groups in total. The number of hydrogen-bond acceptors (Lipinski definition) is 4. The van der Waals surface area contributed by atoms with Crippen molar-refractivity contribution < 1.29 is 19.4 Å². The lowest BCUT2D eigenvalue weighted by molar-refractivity contribution is -0.182. The van der Waals surface area contributed by atoms with E-state index in [9.17, 15) is 4.79 Å². The summed E-state index contributed by atoms with van der Waals surface area (Å²) >= 11 is 9.52. The Morgan fingerprint density at radius 1 is 1.15 bits per heavy atom. The molecular weight excluding hydrogens is 448 g/mol. The van der Waals surface area contributed by atoms with Crippen LogP contribution < -0.4 is 4.43 Å². The molecule has 0 saturated carbocycles. The third kappa shape index (κ3) is 7.29. The van der Waals surface area contributed by atoms with Crippen molar-refractivity contribution in [3.63, 3.8) is 0 Å². The molecule has 2 rings (SSSR count). The molecule has 0 aromatic heterocycles. The van der Waals surface area contributed by atoms with E-state index in [0.717, 1.165) is 21.7 Å². The topological polar surface area (TPSA) is 55.8 Å². The maximum Gasteiger partial charge on any atom is 0.372 e. The minimum atomic E-state index is -1.76. The van der Waals surface area contributed by atoms with Gasteiger partial charge in [-0.15, -0.1) is 0 Å². The number of carbonyl (C=O) groups is 1. The van der Waals surface area contributed by atoms with Crippen molar-refractivity contribution in [1.82, 2.24) is 0 Å². The van der Waals surface area contributed by atoms with Gasteiger partial charge in [-0.05, 0) is 54.0 Å². The van der Waals surface area contributed by atoms with E-state index < -0.39 is 14.3 Å². The van der Waals surface area contributed by atoms with Gasteiger partial charge in [-0.2, -0.15) is 5.26 Å². The smallest absolute Gasteiger partial charge is 0.372 e. The number of alkyl halides is 1. The molecule has 0 aliphatic carbocycles. The van der Waals surface area contributed by atoms with E-state index in [-0.39, 0.29) is 5.04 Å². The van der Waals surface area contributed by atoms with Crippen LogP contribution in [0.1, 0.15) is 36.7 Å². The first-order valence-electron chi connectivity index (χ1n) is 8.46. The van der Waals surface area contributed by atoms with Crippen molar-refractivity contribution in [2.75, 3.05) is 0 Å². The monoisotopic (exact) mass is 472 g/mol. The average molecular weight is 474 g/mol. The molecule has 2 aromatic carbocycles. The first kappa shape index (κ1) is 23.7. The highest BCUT2D eigenvalue weighted by molar-refractivity contribution is 9.08. The Hall–Kier alpha value is -1.34. The maximum absolute atomic E-state index is 10.5. The highest BCUT2D eigenvalue weighted by atomic mass is 79.9. The number of halogens is 2. The first-order valence-corrected chi connectivity index (χ1v) is 12.9. The molecule has 27 heavy (non-hydrogen) atoms. The van der Waals surface area contributed by atoms with Crippen molar-refractivity contribution in [3.8, 4) is 5.75 Å². The highest BCUT2D eigenvalue weighted by Gasteiger charge is 2.38. The fraction of sp³-hybridized carbons (Fsp3) is 0.350. The minimum absolute atomic E-state index is 0.210. The predicted molar refractivity (Wildman–Crippen MR) is 116 cm³/mol. The summed E-state index contributed by atoms with van der Waals surface area (Å²) in [5.41, 5.74) is 1.41. The van der Waals surface area contributed by atoms with Crippen LogP contribution in [0.25, 0.3) is 0 Å². The van der Waals surface area contributed by atoms with Crippen LogP contribution >= 0.6 is 27.5 Å². The van der Waals surface area contributed by atoms with Gasteiger partial charge in [0, 0.05) is 10.4 Å². The van der Waals surface area contributed by atoms with E-state index in [0.29, 0.717) is 5.56 Å². The number of carbonyl (C=O) groups excluding carboxylic acids is 1. The van der Waals surface area contributed by atoms with E-state index in [4.69, 9.17) is 21.3 Å². The van der Waals surface area contributed by atoms with Gasteiger partial charge in [0.15, 0.2) is 0 Å². The number of rotatable bonds is 4. The zero-order valence-corrected chi connectivity index (χ0v) is 19.6. The fourth-order valence-electron chi connectivity index (χ4n) is 1.79. The number of hydrogen-bond donors (Lipinski definition) is 1. The molecule has 0 atom stereocenters. The molecule has 0 unspecified atom stereocenters. The van der Waals surface area contributed by atoms with Crippen LogP contribution in [-0.4, -0.2) is 19.5 Å². The van der Waals surface area contributed by atoms with E-state index in [1.165, 1.54) is 0 Å². The Morgan fingerprint density at radius 2 is 1.74 bits per heavy atom. The van der Waals surface area contributed by atoms with Gasteiger partial charge in [-0.25, -0.2) is 4.79 Å². The van der Waals surface area contributed by atoms with Crippen LogP contribution in [0.2, 0.25) is 23.2 Å². The minimum Gasteiger partial charge on any atom is -0.543 e. The molecule has 0 heterocycles. The Labute approximate surface area is 175 Å². The van der Waals surface area contributed by atoms with Crippen LogP contribution in [0.15, 0.2) is 48.5 Å². The van der Waals surface area contributed by atoms with Gasteiger partial charge >= 0.3 is 5.97 Å². The number of benzene rings is 2. The molecule has 4 nitrogen and oxygen atoms in total. The van der Waals surface area contributed by atoms with E-state index in [2.05, 4.69) is 54.7 Å². The van der Waals surface area contributed by atoms with E-state index in [1.54, 1.807) is 30.3 Å². The quantitative estimate of drug-likeness (QED) is 0.226. The molecule has 0 spiro atoms. The summed E-state index contributed by atoms with van der Waals surface area (Å²) in [4.78, 5) is 14.0.